The Hall–Kier alpha value is -1.39. The van der Waals surface area contributed by atoms with Gasteiger partial charge >= 0.3 is 0 Å². The molecule has 0 fully saturated rings. The minimum Gasteiger partial charge on any atom is -0.497 e. The Kier molecular flexibility index (Phi) is 4.56. The Morgan fingerprint density at radius 1 is 1.26 bits per heavy atom. The Bertz CT molecular complexity index is 574. The molecule has 19 heavy (non-hydrogen) atoms. The van der Waals surface area contributed by atoms with Crippen LogP contribution in [-0.4, -0.2) is 7.11 Å². The molecule has 2 rings (SSSR count). The summed E-state index contributed by atoms with van der Waals surface area (Å²) in [6.07, 6.45) is 0.586. The lowest BCUT2D eigenvalue weighted by Crippen LogP contribution is -2.14. The van der Waals surface area contributed by atoms with Crippen molar-refractivity contribution in [3.05, 3.63) is 63.9 Å². The zero-order valence-electron chi connectivity index (χ0n) is 10.6. The molecule has 0 heterocycles. The molecule has 2 aromatic rings. The predicted molar refractivity (Wildman–Crippen MR) is 77.7 cm³/mol. The van der Waals surface area contributed by atoms with Gasteiger partial charge in [-0.05, 0) is 41.8 Å². The molecule has 0 bridgehead atoms. The van der Waals surface area contributed by atoms with Crippen molar-refractivity contribution in [2.45, 2.75) is 12.5 Å². The van der Waals surface area contributed by atoms with Gasteiger partial charge in [0.15, 0.2) is 0 Å². The van der Waals surface area contributed by atoms with Crippen LogP contribution in [0.3, 0.4) is 0 Å². The van der Waals surface area contributed by atoms with E-state index in [4.69, 9.17) is 10.5 Å². The molecule has 0 aliphatic heterocycles. The van der Waals surface area contributed by atoms with Crippen LogP contribution in [-0.2, 0) is 6.42 Å². The number of hydrogen-bond donors (Lipinski definition) is 1. The number of rotatable bonds is 4. The lowest BCUT2D eigenvalue weighted by Gasteiger charge is -2.15. The van der Waals surface area contributed by atoms with Crippen LogP contribution in [0.4, 0.5) is 4.39 Å². The van der Waals surface area contributed by atoms with Crippen molar-refractivity contribution >= 4 is 15.9 Å². The van der Waals surface area contributed by atoms with Crippen molar-refractivity contribution in [3.8, 4) is 5.75 Å². The van der Waals surface area contributed by atoms with Crippen LogP contribution in [0.15, 0.2) is 46.9 Å². The van der Waals surface area contributed by atoms with E-state index < -0.39 is 0 Å². The van der Waals surface area contributed by atoms with Crippen LogP contribution < -0.4 is 10.5 Å². The predicted octanol–water partition coefficient (Wildman–Crippen LogP) is 3.84. The Morgan fingerprint density at radius 3 is 2.68 bits per heavy atom. The van der Waals surface area contributed by atoms with Crippen LogP contribution in [0.5, 0.6) is 5.75 Å². The van der Waals surface area contributed by atoms with Gasteiger partial charge in [0.05, 0.1) is 7.11 Å². The number of halogens is 2. The van der Waals surface area contributed by atoms with Crippen LogP contribution in [0.25, 0.3) is 0 Å². The molecule has 1 unspecified atom stereocenters. The Balaban J connectivity index is 2.18. The minimum atomic E-state index is -0.238. The maximum atomic E-state index is 13.1. The summed E-state index contributed by atoms with van der Waals surface area (Å²) in [7, 11) is 1.62. The molecule has 4 heteroatoms. The molecule has 0 aliphatic carbocycles. The summed E-state index contributed by atoms with van der Waals surface area (Å²) < 4.78 is 19.2. The van der Waals surface area contributed by atoms with Crippen molar-refractivity contribution < 1.29 is 9.13 Å². The lowest BCUT2D eigenvalue weighted by atomic mass is 9.99. The molecule has 0 spiro atoms. The van der Waals surface area contributed by atoms with E-state index in [9.17, 15) is 4.39 Å². The maximum Gasteiger partial charge on any atom is 0.123 e. The molecular formula is C15H15BrFNO. The first-order valence-corrected chi connectivity index (χ1v) is 6.73. The lowest BCUT2D eigenvalue weighted by molar-refractivity contribution is 0.414. The fourth-order valence-corrected chi connectivity index (χ4v) is 2.62. The van der Waals surface area contributed by atoms with Crippen molar-refractivity contribution in [2.24, 2.45) is 5.73 Å². The summed E-state index contributed by atoms with van der Waals surface area (Å²) in [5, 5.41) is 0. The van der Waals surface area contributed by atoms with Gasteiger partial charge in [0.1, 0.15) is 11.6 Å². The fraction of sp³-hybridized carbons (Fsp3) is 0.200. The first kappa shape index (κ1) is 14.0. The van der Waals surface area contributed by atoms with E-state index in [1.165, 1.54) is 12.1 Å². The van der Waals surface area contributed by atoms with Crippen molar-refractivity contribution in [3.63, 3.8) is 0 Å². The number of ether oxygens (including phenoxy) is 1. The van der Waals surface area contributed by atoms with Crippen LogP contribution >= 0.6 is 15.9 Å². The van der Waals surface area contributed by atoms with Crippen molar-refractivity contribution in [1.29, 1.82) is 0 Å². The van der Waals surface area contributed by atoms with Gasteiger partial charge in [0, 0.05) is 10.5 Å². The minimum absolute atomic E-state index is 0.193. The van der Waals surface area contributed by atoms with Crippen LogP contribution in [0.1, 0.15) is 17.2 Å². The first-order chi connectivity index (χ1) is 9.10. The monoisotopic (exact) mass is 323 g/mol. The molecule has 2 aromatic carbocycles. The first-order valence-electron chi connectivity index (χ1n) is 5.93. The molecule has 1 atom stereocenters. The third-order valence-electron chi connectivity index (χ3n) is 2.95. The number of hydrogen-bond acceptors (Lipinski definition) is 2. The maximum absolute atomic E-state index is 13.1. The largest absolute Gasteiger partial charge is 0.497 e. The second-order valence-electron chi connectivity index (χ2n) is 4.33. The molecule has 2 nitrogen and oxygen atoms in total. The highest BCUT2D eigenvalue weighted by Crippen LogP contribution is 2.28. The van der Waals surface area contributed by atoms with Gasteiger partial charge in [-0.2, -0.15) is 0 Å². The normalized spacial score (nSPS) is 12.2. The summed E-state index contributed by atoms with van der Waals surface area (Å²) in [4.78, 5) is 0. The summed E-state index contributed by atoms with van der Waals surface area (Å²) in [5.74, 6) is 0.534. The van der Waals surface area contributed by atoms with E-state index in [1.807, 2.05) is 24.3 Å². The average molecular weight is 324 g/mol. The molecule has 100 valence electrons. The van der Waals surface area contributed by atoms with E-state index in [2.05, 4.69) is 15.9 Å². The number of methoxy groups -OCH3 is 1. The van der Waals surface area contributed by atoms with Gasteiger partial charge < -0.3 is 10.5 Å². The highest BCUT2D eigenvalue weighted by atomic mass is 79.9. The van der Waals surface area contributed by atoms with E-state index in [-0.39, 0.29) is 11.9 Å². The molecule has 0 aliphatic rings. The average Bonchev–Trinajstić information content (AvgIpc) is 2.38. The molecule has 0 radical (unpaired) electrons. The van der Waals surface area contributed by atoms with Crippen molar-refractivity contribution in [2.75, 3.05) is 7.11 Å². The zero-order chi connectivity index (χ0) is 13.8. The fourth-order valence-electron chi connectivity index (χ4n) is 1.96. The number of benzene rings is 2. The zero-order valence-corrected chi connectivity index (χ0v) is 12.2. The van der Waals surface area contributed by atoms with E-state index in [0.29, 0.717) is 6.42 Å². The standard InChI is InChI=1S/C15H15BrFNO/c1-19-12-5-6-13(14(16)9-12)15(18)8-10-3-2-4-11(17)7-10/h2-7,9,15H,8,18H2,1H3. The molecule has 0 saturated heterocycles. The van der Waals surface area contributed by atoms with Crippen LogP contribution in [0.2, 0.25) is 0 Å². The second kappa shape index (κ2) is 6.17. The Morgan fingerprint density at radius 2 is 2.05 bits per heavy atom. The quantitative estimate of drug-likeness (QED) is 0.927. The Labute approximate surface area is 120 Å². The topological polar surface area (TPSA) is 35.2 Å². The van der Waals surface area contributed by atoms with E-state index in [0.717, 1.165) is 21.3 Å². The van der Waals surface area contributed by atoms with Gasteiger partial charge in [-0.15, -0.1) is 0 Å². The third-order valence-corrected chi connectivity index (χ3v) is 3.64. The van der Waals surface area contributed by atoms with Crippen LogP contribution in [0, 0.1) is 5.82 Å². The van der Waals surface area contributed by atoms with Gasteiger partial charge in [0.25, 0.3) is 0 Å². The summed E-state index contributed by atoms with van der Waals surface area (Å²) in [6, 6.07) is 12.0. The molecule has 0 amide bonds. The molecular weight excluding hydrogens is 309 g/mol. The van der Waals surface area contributed by atoms with Gasteiger partial charge in [-0.1, -0.05) is 34.1 Å². The third kappa shape index (κ3) is 3.55. The van der Waals surface area contributed by atoms with Gasteiger partial charge in [-0.25, -0.2) is 4.39 Å². The van der Waals surface area contributed by atoms with E-state index in [1.54, 1.807) is 13.2 Å². The SMILES string of the molecule is COc1ccc(C(N)Cc2cccc(F)c2)c(Br)c1. The summed E-state index contributed by atoms with van der Waals surface area (Å²) in [5.41, 5.74) is 8.04. The number of nitrogens with two attached hydrogens (primary N) is 1. The smallest absolute Gasteiger partial charge is 0.123 e. The van der Waals surface area contributed by atoms with Crippen molar-refractivity contribution in [1.82, 2.24) is 0 Å². The summed E-state index contributed by atoms with van der Waals surface area (Å²) >= 11 is 3.48. The molecule has 0 aromatic heterocycles. The highest BCUT2D eigenvalue weighted by Gasteiger charge is 2.12. The molecule has 0 saturated carbocycles. The van der Waals surface area contributed by atoms with Gasteiger partial charge in [-0.3, -0.25) is 0 Å². The second-order valence-corrected chi connectivity index (χ2v) is 5.18. The highest BCUT2D eigenvalue weighted by molar-refractivity contribution is 9.10. The van der Waals surface area contributed by atoms with E-state index >= 15 is 0 Å². The van der Waals surface area contributed by atoms with Gasteiger partial charge in [0.2, 0.25) is 0 Å². The molecule has 2 N–H and O–H groups in total. The summed E-state index contributed by atoms with van der Waals surface area (Å²) in [6.45, 7) is 0.